The Labute approximate surface area is 170 Å². The standard InChI is InChI=1S/C24H22N2O3/c1-15-9-11-16(12-10-15)14-28-20-7-3-2-5-17(20)22-18(13-25)24(26)29-21-8-4-6-19(27)23(21)22/h2-3,5,7,9-12,18,22,26H,4,6,8,14H2,1H3. The number of nitriles is 1. The van der Waals surface area contributed by atoms with Gasteiger partial charge in [-0.05, 0) is 25.0 Å². The Kier molecular flexibility index (Phi) is 5.18. The number of hydrogen-bond donors (Lipinski definition) is 1. The number of carbonyl (C=O) groups is 1. The highest BCUT2D eigenvalue weighted by atomic mass is 16.5. The van der Waals surface area contributed by atoms with E-state index >= 15 is 0 Å². The van der Waals surface area contributed by atoms with Crippen molar-refractivity contribution in [3.63, 3.8) is 0 Å². The number of carbonyl (C=O) groups excluding carboxylic acids is 1. The summed E-state index contributed by atoms with van der Waals surface area (Å²) in [6.07, 6.45) is 1.77. The molecule has 0 amide bonds. The van der Waals surface area contributed by atoms with Gasteiger partial charge in [-0.25, -0.2) is 0 Å². The maximum atomic E-state index is 12.7. The second-order valence-corrected chi connectivity index (χ2v) is 7.48. The molecule has 2 atom stereocenters. The number of nitrogens with one attached hydrogen (secondary N) is 1. The Morgan fingerprint density at radius 2 is 1.93 bits per heavy atom. The van der Waals surface area contributed by atoms with Gasteiger partial charge in [-0.3, -0.25) is 10.2 Å². The molecule has 0 fully saturated rings. The van der Waals surface area contributed by atoms with Gasteiger partial charge in [0, 0.05) is 29.9 Å². The van der Waals surface area contributed by atoms with Crippen molar-refractivity contribution in [2.45, 2.75) is 38.7 Å². The highest BCUT2D eigenvalue weighted by Crippen LogP contribution is 2.45. The molecule has 146 valence electrons. The van der Waals surface area contributed by atoms with Crippen LogP contribution in [0, 0.1) is 29.6 Å². The van der Waals surface area contributed by atoms with Crippen molar-refractivity contribution < 1.29 is 14.3 Å². The SMILES string of the molecule is Cc1ccc(COc2ccccc2C2C3=C(CCCC3=O)OC(=N)C2C#N)cc1. The van der Waals surface area contributed by atoms with Crippen LogP contribution in [0.25, 0.3) is 0 Å². The molecule has 2 aromatic rings. The van der Waals surface area contributed by atoms with Crippen molar-refractivity contribution in [3.05, 3.63) is 76.6 Å². The van der Waals surface area contributed by atoms with Gasteiger partial charge in [0.05, 0.1) is 6.07 Å². The largest absolute Gasteiger partial charge is 0.489 e. The zero-order valence-corrected chi connectivity index (χ0v) is 16.3. The lowest BCUT2D eigenvalue weighted by Crippen LogP contribution is -2.34. The van der Waals surface area contributed by atoms with E-state index in [0.29, 0.717) is 43.0 Å². The summed E-state index contributed by atoms with van der Waals surface area (Å²) in [6.45, 7) is 2.42. The Morgan fingerprint density at radius 3 is 2.69 bits per heavy atom. The molecular weight excluding hydrogens is 364 g/mol. The predicted octanol–water partition coefficient (Wildman–Crippen LogP) is 4.81. The molecule has 2 unspecified atom stereocenters. The molecule has 2 aromatic carbocycles. The zero-order valence-electron chi connectivity index (χ0n) is 16.3. The number of para-hydroxylation sites is 1. The van der Waals surface area contributed by atoms with Crippen molar-refractivity contribution in [3.8, 4) is 11.8 Å². The Bertz CT molecular complexity index is 1030. The molecule has 5 nitrogen and oxygen atoms in total. The predicted molar refractivity (Wildman–Crippen MR) is 108 cm³/mol. The van der Waals surface area contributed by atoms with E-state index in [4.69, 9.17) is 14.9 Å². The summed E-state index contributed by atoms with van der Waals surface area (Å²) in [6, 6.07) is 17.8. The number of ketones is 1. The van der Waals surface area contributed by atoms with Gasteiger partial charge in [0.25, 0.3) is 0 Å². The van der Waals surface area contributed by atoms with E-state index < -0.39 is 11.8 Å². The van der Waals surface area contributed by atoms with Crippen molar-refractivity contribution in [1.82, 2.24) is 0 Å². The fraction of sp³-hybridized carbons (Fsp3) is 0.292. The minimum absolute atomic E-state index is 0.00247. The van der Waals surface area contributed by atoms with Gasteiger partial charge in [0.2, 0.25) is 5.90 Å². The van der Waals surface area contributed by atoms with E-state index in [0.717, 1.165) is 11.1 Å². The second kappa shape index (κ2) is 7.92. The van der Waals surface area contributed by atoms with E-state index in [2.05, 4.69) is 6.07 Å². The van der Waals surface area contributed by atoms with Gasteiger partial charge < -0.3 is 9.47 Å². The van der Waals surface area contributed by atoms with Crippen molar-refractivity contribution in [2.75, 3.05) is 0 Å². The Balaban J connectivity index is 1.72. The van der Waals surface area contributed by atoms with Crippen LogP contribution in [0.1, 0.15) is 41.9 Å². The van der Waals surface area contributed by atoms with Crippen molar-refractivity contribution >= 4 is 11.7 Å². The summed E-state index contributed by atoms with van der Waals surface area (Å²) < 4.78 is 11.7. The summed E-state index contributed by atoms with van der Waals surface area (Å²) in [4.78, 5) is 12.7. The number of allylic oxidation sites excluding steroid dienone is 2. The number of hydrogen-bond acceptors (Lipinski definition) is 5. The average molecular weight is 386 g/mol. The summed E-state index contributed by atoms with van der Waals surface area (Å²) in [5.74, 6) is -0.329. The highest BCUT2D eigenvalue weighted by molar-refractivity contribution is 6.01. The molecule has 0 saturated carbocycles. The minimum Gasteiger partial charge on any atom is -0.489 e. The van der Waals surface area contributed by atoms with E-state index in [1.807, 2.05) is 55.5 Å². The lowest BCUT2D eigenvalue weighted by atomic mass is 9.74. The number of nitrogens with zero attached hydrogens (tertiary/aromatic N) is 1. The lowest BCUT2D eigenvalue weighted by Gasteiger charge is -2.34. The van der Waals surface area contributed by atoms with Crippen molar-refractivity contribution in [1.29, 1.82) is 10.7 Å². The third kappa shape index (κ3) is 3.66. The number of Topliss-reactive ketones (excluding diaryl/α,β-unsaturated/α-hetero) is 1. The van der Waals surface area contributed by atoms with Crippen LogP contribution in [0.15, 0.2) is 59.9 Å². The molecule has 0 aromatic heterocycles. The normalized spacial score (nSPS) is 21.2. The molecule has 4 rings (SSSR count). The molecule has 0 radical (unpaired) electrons. The van der Waals surface area contributed by atoms with Crippen molar-refractivity contribution in [2.24, 2.45) is 5.92 Å². The van der Waals surface area contributed by atoms with Gasteiger partial charge in [0.15, 0.2) is 5.78 Å². The van der Waals surface area contributed by atoms with Crippen LogP contribution in [0.5, 0.6) is 5.75 Å². The van der Waals surface area contributed by atoms with Gasteiger partial charge in [-0.2, -0.15) is 5.26 Å². The molecule has 0 saturated heterocycles. The van der Waals surface area contributed by atoms with E-state index in [-0.39, 0.29) is 11.7 Å². The number of aryl methyl sites for hydroxylation is 1. The van der Waals surface area contributed by atoms with Crippen LogP contribution in [0.3, 0.4) is 0 Å². The maximum Gasteiger partial charge on any atom is 0.205 e. The average Bonchev–Trinajstić information content (AvgIpc) is 2.73. The fourth-order valence-electron chi connectivity index (χ4n) is 3.98. The van der Waals surface area contributed by atoms with Crippen LogP contribution < -0.4 is 4.74 Å². The first kappa shape index (κ1) is 18.9. The van der Waals surface area contributed by atoms with Crippen LogP contribution in [-0.2, 0) is 16.1 Å². The molecular formula is C24H22N2O3. The minimum atomic E-state index is -0.847. The summed E-state index contributed by atoms with van der Waals surface area (Å²) in [5.41, 5.74) is 3.50. The highest BCUT2D eigenvalue weighted by Gasteiger charge is 2.43. The monoisotopic (exact) mass is 386 g/mol. The summed E-state index contributed by atoms with van der Waals surface area (Å²) in [5, 5.41) is 18.0. The van der Waals surface area contributed by atoms with Gasteiger partial charge in [-0.1, -0.05) is 48.0 Å². The molecule has 29 heavy (non-hydrogen) atoms. The molecule has 2 aliphatic rings. The van der Waals surface area contributed by atoms with E-state index in [1.165, 1.54) is 5.56 Å². The third-order valence-electron chi connectivity index (χ3n) is 5.48. The smallest absolute Gasteiger partial charge is 0.205 e. The Morgan fingerprint density at radius 1 is 1.17 bits per heavy atom. The van der Waals surface area contributed by atoms with Gasteiger partial charge >= 0.3 is 0 Å². The third-order valence-corrected chi connectivity index (χ3v) is 5.48. The van der Waals surface area contributed by atoms with Crippen LogP contribution in [-0.4, -0.2) is 11.7 Å². The summed E-state index contributed by atoms with van der Waals surface area (Å²) >= 11 is 0. The quantitative estimate of drug-likeness (QED) is 0.817. The van der Waals surface area contributed by atoms with Crippen LogP contribution in [0.2, 0.25) is 0 Å². The molecule has 0 bridgehead atoms. The second-order valence-electron chi connectivity index (χ2n) is 7.48. The molecule has 1 aliphatic carbocycles. The first-order chi connectivity index (χ1) is 14.1. The van der Waals surface area contributed by atoms with Gasteiger partial charge in [0.1, 0.15) is 24.0 Å². The molecule has 1 aliphatic heterocycles. The lowest BCUT2D eigenvalue weighted by molar-refractivity contribution is -0.116. The molecule has 5 heteroatoms. The topological polar surface area (TPSA) is 83.2 Å². The van der Waals surface area contributed by atoms with E-state index in [1.54, 1.807) is 0 Å². The molecule has 1 N–H and O–H groups in total. The van der Waals surface area contributed by atoms with Crippen LogP contribution >= 0.6 is 0 Å². The molecule has 0 spiro atoms. The number of benzene rings is 2. The maximum absolute atomic E-state index is 12.7. The molecule has 1 heterocycles. The number of ether oxygens (including phenoxy) is 2. The van der Waals surface area contributed by atoms with Crippen LogP contribution in [0.4, 0.5) is 0 Å². The first-order valence-corrected chi connectivity index (χ1v) is 9.78. The Hall–Kier alpha value is -3.39. The summed E-state index contributed by atoms with van der Waals surface area (Å²) in [7, 11) is 0. The fourth-order valence-corrected chi connectivity index (χ4v) is 3.98. The van der Waals surface area contributed by atoms with E-state index in [9.17, 15) is 10.1 Å². The zero-order chi connectivity index (χ0) is 20.4. The first-order valence-electron chi connectivity index (χ1n) is 9.78. The van der Waals surface area contributed by atoms with Gasteiger partial charge in [-0.15, -0.1) is 0 Å². The number of rotatable bonds is 4.